The van der Waals surface area contributed by atoms with Crippen LogP contribution in [0.15, 0.2) is 0 Å². The van der Waals surface area contributed by atoms with E-state index in [4.69, 9.17) is 9.16 Å². The molecule has 1 fully saturated rings. The average Bonchev–Trinajstić information content (AvgIpc) is 2.23. The van der Waals surface area contributed by atoms with Crippen molar-refractivity contribution in [2.24, 2.45) is 5.92 Å². The van der Waals surface area contributed by atoms with Gasteiger partial charge in [0.1, 0.15) is 0 Å². The summed E-state index contributed by atoms with van der Waals surface area (Å²) in [4.78, 5) is 11.6. The molecule has 88 valence electrons. The number of esters is 1. The highest BCUT2D eigenvalue weighted by molar-refractivity contribution is 6.71. The van der Waals surface area contributed by atoms with E-state index in [2.05, 4.69) is 20.0 Å². The standard InChI is InChI=1S/C11H22O3Si/c1-5-13-11(12)10-6-7-15(3,4)14-9(2)8-10/h9-10H,5-8H2,1-4H3/t9-,10+/m0/s1. The number of ether oxygens (including phenoxy) is 1. The summed E-state index contributed by atoms with van der Waals surface area (Å²) in [6, 6.07) is 1.06. The third kappa shape index (κ3) is 3.95. The lowest BCUT2D eigenvalue weighted by Crippen LogP contribution is -2.32. The summed E-state index contributed by atoms with van der Waals surface area (Å²) in [5.74, 6) is 0.00822. The van der Waals surface area contributed by atoms with E-state index in [1.165, 1.54) is 0 Å². The van der Waals surface area contributed by atoms with E-state index in [9.17, 15) is 4.79 Å². The minimum absolute atomic E-state index is 0.0420. The number of carbonyl (C=O) groups excluding carboxylic acids is 1. The average molecular weight is 230 g/mol. The molecule has 0 spiro atoms. The second-order valence-corrected chi connectivity index (χ2v) is 9.17. The lowest BCUT2D eigenvalue weighted by atomic mass is 10.00. The predicted molar refractivity (Wildman–Crippen MR) is 62.2 cm³/mol. The van der Waals surface area contributed by atoms with Crippen molar-refractivity contribution >= 4 is 14.3 Å². The maximum absolute atomic E-state index is 11.6. The van der Waals surface area contributed by atoms with E-state index in [0.717, 1.165) is 18.9 Å². The monoisotopic (exact) mass is 230 g/mol. The molecule has 0 aliphatic carbocycles. The first-order valence-electron chi connectivity index (χ1n) is 5.79. The van der Waals surface area contributed by atoms with E-state index >= 15 is 0 Å². The van der Waals surface area contributed by atoms with Crippen molar-refractivity contribution < 1.29 is 14.0 Å². The van der Waals surface area contributed by atoms with Gasteiger partial charge in [-0.2, -0.15) is 0 Å². The molecule has 2 atom stereocenters. The van der Waals surface area contributed by atoms with E-state index < -0.39 is 8.32 Å². The van der Waals surface area contributed by atoms with Crippen molar-refractivity contribution in [3.05, 3.63) is 0 Å². The van der Waals surface area contributed by atoms with Gasteiger partial charge in [-0.15, -0.1) is 0 Å². The van der Waals surface area contributed by atoms with Gasteiger partial charge < -0.3 is 9.16 Å². The fraction of sp³-hybridized carbons (Fsp3) is 0.909. The Morgan fingerprint density at radius 2 is 2.20 bits per heavy atom. The van der Waals surface area contributed by atoms with Gasteiger partial charge in [0.25, 0.3) is 0 Å². The Hall–Kier alpha value is -0.353. The van der Waals surface area contributed by atoms with Gasteiger partial charge in [0, 0.05) is 6.10 Å². The van der Waals surface area contributed by atoms with Crippen LogP contribution in [-0.4, -0.2) is 27.0 Å². The summed E-state index contributed by atoms with van der Waals surface area (Å²) in [6.45, 7) is 8.83. The molecule has 0 saturated carbocycles. The van der Waals surface area contributed by atoms with Gasteiger partial charge in [-0.3, -0.25) is 4.79 Å². The Balaban J connectivity index is 2.58. The summed E-state index contributed by atoms with van der Waals surface area (Å²) in [7, 11) is -1.52. The fourth-order valence-electron chi connectivity index (χ4n) is 2.17. The van der Waals surface area contributed by atoms with Crippen LogP contribution in [0.4, 0.5) is 0 Å². The summed E-state index contributed by atoms with van der Waals surface area (Å²) < 4.78 is 11.1. The molecule has 0 unspecified atom stereocenters. The second kappa shape index (κ2) is 5.12. The van der Waals surface area contributed by atoms with E-state index in [0.29, 0.717) is 6.61 Å². The first kappa shape index (κ1) is 12.7. The number of carbonyl (C=O) groups is 1. The highest BCUT2D eigenvalue weighted by atomic mass is 28.4. The molecule has 0 amide bonds. The van der Waals surface area contributed by atoms with Crippen LogP contribution >= 0.6 is 0 Å². The SMILES string of the molecule is CCOC(=O)[C@@H]1CC[Si](C)(C)O[C@@H](C)C1. The van der Waals surface area contributed by atoms with Crippen LogP contribution in [0.2, 0.25) is 19.1 Å². The van der Waals surface area contributed by atoms with Gasteiger partial charge in [0.2, 0.25) is 0 Å². The summed E-state index contributed by atoms with van der Waals surface area (Å²) in [6.07, 6.45) is 1.95. The molecular formula is C11H22O3Si. The number of hydrogen-bond donors (Lipinski definition) is 0. The molecule has 0 N–H and O–H groups in total. The predicted octanol–water partition coefficient (Wildman–Crippen LogP) is 2.57. The van der Waals surface area contributed by atoms with Crippen molar-refractivity contribution in [3.63, 3.8) is 0 Å². The van der Waals surface area contributed by atoms with Gasteiger partial charge in [0.15, 0.2) is 8.32 Å². The molecule has 0 aromatic carbocycles. The maximum atomic E-state index is 11.6. The Bertz CT molecular complexity index is 228. The Kier molecular flexibility index (Phi) is 4.34. The van der Waals surface area contributed by atoms with Crippen molar-refractivity contribution in [2.45, 2.75) is 51.9 Å². The molecule has 1 aliphatic rings. The quantitative estimate of drug-likeness (QED) is 0.540. The maximum Gasteiger partial charge on any atom is 0.309 e. The minimum Gasteiger partial charge on any atom is -0.466 e. The van der Waals surface area contributed by atoms with Crippen molar-refractivity contribution in [1.29, 1.82) is 0 Å². The molecule has 3 nitrogen and oxygen atoms in total. The van der Waals surface area contributed by atoms with Gasteiger partial charge in [-0.05, 0) is 45.8 Å². The molecule has 0 bridgehead atoms. The van der Waals surface area contributed by atoms with Crippen LogP contribution in [0.3, 0.4) is 0 Å². The smallest absolute Gasteiger partial charge is 0.309 e. The lowest BCUT2D eigenvalue weighted by Gasteiger charge is -2.23. The van der Waals surface area contributed by atoms with Crippen molar-refractivity contribution in [3.8, 4) is 0 Å². The molecule has 1 heterocycles. The zero-order chi connectivity index (χ0) is 11.5. The third-order valence-corrected chi connectivity index (χ3v) is 5.38. The molecule has 0 radical (unpaired) electrons. The van der Waals surface area contributed by atoms with Gasteiger partial charge >= 0.3 is 5.97 Å². The Morgan fingerprint density at radius 1 is 1.53 bits per heavy atom. The van der Waals surface area contributed by atoms with Crippen molar-refractivity contribution in [1.82, 2.24) is 0 Å². The molecule has 0 aromatic heterocycles. The van der Waals surface area contributed by atoms with Gasteiger partial charge in [0.05, 0.1) is 12.5 Å². The van der Waals surface area contributed by atoms with Crippen LogP contribution in [0.25, 0.3) is 0 Å². The molecular weight excluding hydrogens is 208 g/mol. The van der Waals surface area contributed by atoms with Crippen LogP contribution in [-0.2, 0) is 14.0 Å². The summed E-state index contributed by atoms with van der Waals surface area (Å²) in [5, 5.41) is 0. The molecule has 1 saturated heterocycles. The first-order valence-corrected chi connectivity index (χ1v) is 8.90. The minimum atomic E-state index is -1.52. The number of hydrogen-bond acceptors (Lipinski definition) is 3. The van der Waals surface area contributed by atoms with E-state index in [1.807, 2.05) is 6.92 Å². The van der Waals surface area contributed by atoms with E-state index in [1.54, 1.807) is 0 Å². The molecule has 1 rings (SSSR count). The van der Waals surface area contributed by atoms with Crippen LogP contribution < -0.4 is 0 Å². The summed E-state index contributed by atoms with van der Waals surface area (Å²) in [5.41, 5.74) is 0. The molecule has 0 aromatic rings. The van der Waals surface area contributed by atoms with Crippen LogP contribution in [0.5, 0.6) is 0 Å². The van der Waals surface area contributed by atoms with E-state index in [-0.39, 0.29) is 18.0 Å². The number of rotatable bonds is 2. The topological polar surface area (TPSA) is 35.5 Å². The lowest BCUT2D eigenvalue weighted by molar-refractivity contribution is -0.148. The van der Waals surface area contributed by atoms with Gasteiger partial charge in [-0.1, -0.05) is 0 Å². The second-order valence-electron chi connectivity index (χ2n) is 4.91. The molecule has 15 heavy (non-hydrogen) atoms. The fourth-order valence-corrected chi connectivity index (χ4v) is 4.51. The van der Waals surface area contributed by atoms with Crippen molar-refractivity contribution in [2.75, 3.05) is 6.61 Å². The first-order chi connectivity index (χ1) is 6.94. The molecule has 4 heteroatoms. The highest BCUT2D eigenvalue weighted by Crippen LogP contribution is 2.29. The van der Waals surface area contributed by atoms with Crippen LogP contribution in [0, 0.1) is 5.92 Å². The summed E-state index contributed by atoms with van der Waals surface area (Å²) >= 11 is 0. The van der Waals surface area contributed by atoms with Gasteiger partial charge in [-0.25, -0.2) is 0 Å². The Labute approximate surface area is 93.3 Å². The zero-order valence-corrected chi connectivity index (χ0v) is 11.2. The van der Waals surface area contributed by atoms with Crippen LogP contribution in [0.1, 0.15) is 26.7 Å². The Morgan fingerprint density at radius 3 is 2.80 bits per heavy atom. The largest absolute Gasteiger partial charge is 0.466 e. The zero-order valence-electron chi connectivity index (χ0n) is 10.2. The molecule has 1 aliphatic heterocycles. The normalized spacial score (nSPS) is 30.7. The third-order valence-electron chi connectivity index (χ3n) is 2.85. The highest BCUT2D eigenvalue weighted by Gasteiger charge is 2.34.